The second kappa shape index (κ2) is 21.0. The van der Waals surface area contributed by atoms with Crippen LogP contribution in [0, 0.1) is 13.8 Å². The molecule has 3 heterocycles. The van der Waals surface area contributed by atoms with Crippen molar-refractivity contribution in [3.8, 4) is 0 Å². The maximum absolute atomic E-state index is 13.2. The zero-order valence-electron chi connectivity index (χ0n) is 34.6. The van der Waals surface area contributed by atoms with E-state index in [0.29, 0.717) is 13.1 Å². The minimum absolute atomic E-state index is 0.00525. The van der Waals surface area contributed by atoms with Crippen molar-refractivity contribution < 1.29 is 19.1 Å². The third-order valence-electron chi connectivity index (χ3n) is 10.3. The van der Waals surface area contributed by atoms with Gasteiger partial charge in [-0.25, -0.2) is 4.99 Å². The normalized spacial score (nSPS) is 12.2. The van der Waals surface area contributed by atoms with E-state index in [4.69, 9.17) is 0 Å². The van der Waals surface area contributed by atoms with E-state index in [9.17, 15) is 9.59 Å². The van der Waals surface area contributed by atoms with Crippen LogP contribution in [0.2, 0.25) is 0 Å². The molecule has 0 aliphatic rings. The van der Waals surface area contributed by atoms with Gasteiger partial charge in [0.2, 0.25) is 22.4 Å². The van der Waals surface area contributed by atoms with Crippen molar-refractivity contribution in [2.45, 2.75) is 52.2 Å². The minimum atomic E-state index is -0.0112. The Hall–Kier alpha value is -5.01. The molecule has 0 aliphatic heterocycles. The molecule has 0 fully saturated rings. The van der Waals surface area contributed by atoms with Crippen LogP contribution in [-0.2, 0) is 29.2 Å². The van der Waals surface area contributed by atoms with Gasteiger partial charge in [-0.2, -0.15) is 4.57 Å². The number of thiazole rings is 1. The van der Waals surface area contributed by atoms with Crippen molar-refractivity contribution >= 4 is 112 Å². The zero-order valence-corrected chi connectivity index (χ0v) is 37.8. The molecule has 0 saturated carbocycles. The topological polar surface area (TPSA) is 85.9 Å². The summed E-state index contributed by atoms with van der Waals surface area (Å²) in [6.07, 6.45) is 8.70. The lowest BCUT2D eigenvalue weighted by atomic mass is 10.1. The summed E-state index contributed by atoms with van der Waals surface area (Å²) in [7, 11) is 3.41. The van der Waals surface area contributed by atoms with Crippen molar-refractivity contribution in [3.63, 3.8) is 0 Å². The number of aromatic nitrogens is 3. The predicted octanol–water partition coefficient (Wildman–Crippen LogP) is 8.52. The SMILES string of the molecule is CC[NH+]=C(/C=C/c1c(C)n(CC(=O)NCCSSCCNC(=O)Cn2c(C)c(/C=C/c3sc4ccccc4[n+]3CC)c3ccccc32)c2ccccc12)Sc1ccccc1. The number of amides is 2. The van der Waals surface area contributed by atoms with Crippen molar-refractivity contribution in [1.29, 1.82) is 0 Å². The Balaban J connectivity index is 0.866. The second-order valence-electron chi connectivity index (χ2n) is 14.2. The fourth-order valence-electron chi connectivity index (χ4n) is 7.46. The molecule has 0 radical (unpaired) electrons. The van der Waals surface area contributed by atoms with Gasteiger partial charge >= 0.3 is 0 Å². The third-order valence-corrected chi connectivity index (χ3v) is 14.9. The molecule has 60 heavy (non-hydrogen) atoms. The summed E-state index contributed by atoms with van der Waals surface area (Å²) in [5.41, 5.74) is 7.73. The molecular weight excluding hydrogens is 821 g/mol. The van der Waals surface area contributed by atoms with Gasteiger partial charge in [0.25, 0.3) is 5.01 Å². The minimum Gasteiger partial charge on any atom is -0.354 e. The lowest BCUT2D eigenvalue weighted by Gasteiger charge is -2.10. The number of thioether (sulfide) groups is 1. The Morgan fingerprint density at radius 3 is 1.85 bits per heavy atom. The van der Waals surface area contributed by atoms with Crippen LogP contribution in [0.3, 0.4) is 0 Å². The Morgan fingerprint density at radius 1 is 0.700 bits per heavy atom. The maximum atomic E-state index is 13.2. The summed E-state index contributed by atoms with van der Waals surface area (Å²) in [6.45, 7) is 11.9. The number of aryl methyl sites for hydroxylation is 1. The Kier molecular flexibility index (Phi) is 15.1. The fraction of sp³-hybridized carbons (Fsp3) is 0.250. The number of fused-ring (bicyclic) bond motifs is 3. The predicted molar refractivity (Wildman–Crippen MR) is 259 cm³/mol. The van der Waals surface area contributed by atoms with Gasteiger partial charge in [-0.05, 0) is 81.9 Å². The smallest absolute Gasteiger partial charge is 0.262 e. The van der Waals surface area contributed by atoms with Crippen LogP contribution in [0.5, 0.6) is 0 Å². The molecule has 8 nitrogen and oxygen atoms in total. The highest BCUT2D eigenvalue weighted by atomic mass is 33.1. The van der Waals surface area contributed by atoms with Gasteiger partial charge < -0.3 is 19.8 Å². The highest BCUT2D eigenvalue weighted by Crippen LogP contribution is 2.30. The quantitative estimate of drug-likeness (QED) is 0.0201. The molecule has 0 atom stereocenters. The number of benzene rings is 4. The molecule has 0 spiro atoms. The van der Waals surface area contributed by atoms with Crippen LogP contribution < -0.4 is 20.2 Å². The molecule has 0 saturated heterocycles. The summed E-state index contributed by atoms with van der Waals surface area (Å²) < 4.78 is 7.85. The highest BCUT2D eigenvalue weighted by molar-refractivity contribution is 8.76. The van der Waals surface area contributed by atoms with Crippen LogP contribution in [0.4, 0.5) is 0 Å². The first kappa shape index (κ1) is 43.1. The molecule has 0 unspecified atom stereocenters. The highest BCUT2D eigenvalue weighted by Gasteiger charge is 2.19. The molecule has 3 aromatic heterocycles. The van der Waals surface area contributed by atoms with Gasteiger partial charge in [-0.15, -0.1) is 0 Å². The number of hydrogen-bond donors (Lipinski definition) is 3. The first-order valence-electron chi connectivity index (χ1n) is 20.4. The molecule has 2 amide bonds. The Labute approximate surface area is 368 Å². The number of carbonyl (C=O) groups excluding carboxylic acids is 2. The van der Waals surface area contributed by atoms with E-state index in [2.05, 4.69) is 160 Å². The second-order valence-corrected chi connectivity index (χ2v) is 19.1. The zero-order chi connectivity index (χ0) is 41.8. The van der Waals surface area contributed by atoms with Crippen molar-refractivity contribution in [2.75, 3.05) is 31.1 Å². The molecule has 12 heteroatoms. The summed E-state index contributed by atoms with van der Waals surface area (Å²) in [6, 6.07) is 35.5. The van der Waals surface area contributed by atoms with E-state index in [1.54, 1.807) is 44.7 Å². The van der Waals surface area contributed by atoms with E-state index in [0.717, 1.165) is 74.0 Å². The van der Waals surface area contributed by atoms with Crippen molar-refractivity contribution in [2.24, 2.45) is 0 Å². The molecule has 4 aromatic carbocycles. The number of rotatable bonds is 18. The molecule has 7 aromatic rings. The molecular formula is C48H52N6O2S4+2. The molecule has 0 aliphatic carbocycles. The molecule has 0 bridgehead atoms. The number of nitrogens with zero attached hydrogens (tertiary/aromatic N) is 3. The van der Waals surface area contributed by atoms with Crippen LogP contribution in [0.25, 0.3) is 50.3 Å². The lowest BCUT2D eigenvalue weighted by molar-refractivity contribution is -0.665. The average Bonchev–Trinajstić information content (AvgIpc) is 3.85. The monoisotopic (exact) mass is 872 g/mol. The van der Waals surface area contributed by atoms with E-state index in [-0.39, 0.29) is 24.9 Å². The Bertz CT molecular complexity index is 2690. The van der Waals surface area contributed by atoms with Gasteiger partial charge in [0.05, 0.1) is 0 Å². The van der Waals surface area contributed by atoms with E-state index >= 15 is 0 Å². The van der Waals surface area contributed by atoms with Gasteiger partial charge in [0.15, 0.2) is 0 Å². The fourth-order valence-corrected chi connectivity index (χ4v) is 11.3. The standard InChI is InChI=1S/C48H50N6O2S4/c1-5-49-47(59-36-16-8-7-9-17-36)26-24-37-34(3)53(41-20-12-10-18-39(37)41)32-45(55)50-28-30-57-58-31-29-51-46(56)33-54-35(4)38(40-19-11-13-21-42(40)54)25-27-48-52(6-2)43-22-14-15-23-44(43)60-48/h7-27H,5-6,28-33H2,1-4H3,(H-,50,51,55,56)/p+2/b26-24+,49-47?. The van der Waals surface area contributed by atoms with Gasteiger partial charge in [0.1, 0.15) is 30.9 Å². The first-order valence-corrected chi connectivity index (χ1v) is 24.5. The average molecular weight is 873 g/mol. The molecule has 3 N–H and O–H groups in total. The van der Waals surface area contributed by atoms with E-state index in [1.165, 1.54) is 20.1 Å². The molecule has 7 rings (SSSR count). The van der Waals surface area contributed by atoms with Crippen LogP contribution in [-0.4, -0.2) is 57.1 Å². The van der Waals surface area contributed by atoms with Gasteiger partial charge in [0, 0.05) is 92.0 Å². The number of hydrogen-bond acceptors (Lipinski definition) is 6. The Morgan fingerprint density at radius 2 is 1.25 bits per heavy atom. The van der Waals surface area contributed by atoms with Gasteiger partial charge in [-0.1, -0.05) is 99.7 Å². The summed E-state index contributed by atoms with van der Waals surface area (Å²) in [4.78, 5) is 31.0. The van der Waals surface area contributed by atoms with E-state index in [1.807, 2.05) is 24.3 Å². The van der Waals surface area contributed by atoms with E-state index < -0.39 is 0 Å². The van der Waals surface area contributed by atoms with Crippen LogP contribution in [0.1, 0.15) is 41.4 Å². The summed E-state index contributed by atoms with van der Waals surface area (Å²) in [5.74, 6) is 1.53. The third kappa shape index (κ3) is 10.3. The van der Waals surface area contributed by atoms with Crippen molar-refractivity contribution in [3.05, 3.63) is 137 Å². The summed E-state index contributed by atoms with van der Waals surface area (Å²) in [5, 5.41) is 10.8. The summed E-state index contributed by atoms with van der Waals surface area (Å²) >= 11 is 3.50. The lowest BCUT2D eigenvalue weighted by Crippen LogP contribution is -2.71. The van der Waals surface area contributed by atoms with Gasteiger partial charge in [-0.3, -0.25) is 9.59 Å². The maximum Gasteiger partial charge on any atom is 0.262 e. The van der Waals surface area contributed by atoms with Crippen molar-refractivity contribution in [1.82, 2.24) is 19.8 Å². The number of carbonyl (C=O) groups is 2. The van der Waals surface area contributed by atoms with Crippen LogP contribution in [0.15, 0.2) is 114 Å². The van der Waals surface area contributed by atoms with Crippen LogP contribution >= 0.6 is 44.7 Å². The largest absolute Gasteiger partial charge is 0.354 e. The first-order chi connectivity index (χ1) is 29.4. The number of para-hydroxylation sites is 3. The molecule has 308 valence electrons. The number of nitrogens with one attached hydrogen (secondary N) is 3.